The molecule has 0 N–H and O–H groups in total. The molecule has 0 atom stereocenters. The van der Waals surface area contributed by atoms with E-state index in [1.165, 1.54) is 0 Å². The zero-order valence-corrected chi connectivity index (χ0v) is 5.75. The van der Waals surface area contributed by atoms with Gasteiger partial charge < -0.3 is 0 Å². The monoisotopic (exact) mass is 152 g/mol. The molecule has 0 saturated heterocycles. The maximum atomic E-state index is 2.06. The summed E-state index contributed by atoms with van der Waals surface area (Å²) >= 11 is 0. The maximum absolute atomic E-state index is 2.06. The van der Waals surface area contributed by atoms with Crippen molar-refractivity contribution in [1.82, 2.24) is 0 Å². The van der Waals surface area contributed by atoms with E-state index in [1.807, 2.05) is 0 Å². The molecule has 0 fully saturated rings. The average Bonchev–Trinajstić information content (AvgIpc) is 1.37. The third kappa shape index (κ3) is 11.0. The van der Waals surface area contributed by atoms with Crippen LogP contribution in [0.1, 0.15) is 0 Å². The predicted molar refractivity (Wildman–Crippen MR) is 27.0 cm³/mol. The zero-order valence-electron chi connectivity index (χ0n) is 3.13. The van der Waals surface area contributed by atoms with Crippen LogP contribution in [0.4, 0.5) is 0 Å². The van der Waals surface area contributed by atoms with Crippen molar-refractivity contribution in [2.24, 2.45) is 0 Å². The molecule has 0 aromatic carbocycles. The van der Waals surface area contributed by atoms with E-state index in [9.17, 15) is 0 Å². The van der Waals surface area contributed by atoms with E-state index in [-0.39, 0.29) is 16.5 Å². The van der Waals surface area contributed by atoms with Gasteiger partial charge in [0.15, 0.2) is 0 Å². The number of hydrogen-bond donors (Lipinski definition) is 0. The second-order valence-electron chi connectivity index (χ2n) is 0.333. The third-order valence-corrected chi connectivity index (χ3v) is 1.50. The molecule has 0 aliphatic carbocycles. The smallest absolute Gasteiger partial charge is 0 e. The van der Waals surface area contributed by atoms with Gasteiger partial charge in [-0.05, 0) is 12.5 Å². The fourth-order valence-electron chi connectivity index (χ4n) is 0. The first kappa shape index (κ1) is 9.50. The standard InChI is InChI=1S/C2H6S2.Ni/c1-3-4-2;/h1-2H3;. The molecule has 0 rings (SSSR count). The molecule has 0 aromatic rings. The summed E-state index contributed by atoms with van der Waals surface area (Å²) in [6, 6.07) is 0. The molecule has 0 saturated carbocycles. The average molecular weight is 153 g/mol. The second-order valence-corrected chi connectivity index (χ2v) is 3.00. The van der Waals surface area contributed by atoms with Crippen LogP contribution in [0.5, 0.6) is 0 Å². The minimum absolute atomic E-state index is 0. The number of hydrogen-bond acceptors (Lipinski definition) is 2. The van der Waals surface area contributed by atoms with Crippen molar-refractivity contribution in [1.29, 1.82) is 0 Å². The minimum atomic E-state index is 0. The molecule has 0 radical (unpaired) electrons. The van der Waals surface area contributed by atoms with E-state index in [4.69, 9.17) is 0 Å². The van der Waals surface area contributed by atoms with Gasteiger partial charge in [-0.2, -0.15) is 0 Å². The Bertz CT molecular complexity index is 9.61. The molecule has 0 spiro atoms. The van der Waals surface area contributed by atoms with Gasteiger partial charge in [-0.1, -0.05) is 21.6 Å². The van der Waals surface area contributed by atoms with E-state index < -0.39 is 0 Å². The second kappa shape index (κ2) is 8.96. The van der Waals surface area contributed by atoms with Gasteiger partial charge in [-0.25, -0.2) is 0 Å². The van der Waals surface area contributed by atoms with Crippen LogP contribution in [0.25, 0.3) is 0 Å². The van der Waals surface area contributed by atoms with Gasteiger partial charge in [0.05, 0.1) is 0 Å². The first-order chi connectivity index (χ1) is 1.91. The molecule has 5 heavy (non-hydrogen) atoms. The minimum Gasteiger partial charge on any atom is -0.0979 e. The van der Waals surface area contributed by atoms with E-state index in [0.717, 1.165) is 0 Å². The summed E-state index contributed by atoms with van der Waals surface area (Å²) in [6.45, 7) is 0. The first-order valence-corrected chi connectivity index (χ1v) is 3.95. The van der Waals surface area contributed by atoms with Crippen molar-refractivity contribution in [3.63, 3.8) is 0 Å². The normalized spacial score (nSPS) is 6.00. The van der Waals surface area contributed by atoms with Gasteiger partial charge in [-0.15, -0.1) is 0 Å². The Hall–Kier alpha value is 1.19. The van der Waals surface area contributed by atoms with Crippen LogP contribution in [0.2, 0.25) is 0 Å². The predicted octanol–water partition coefficient (Wildman–Crippen LogP) is 1.62. The molecule has 0 bridgehead atoms. The third-order valence-electron chi connectivity index (χ3n) is 0.167. The summed E-state index contributed by atoms with van der Waals surface area (Å²) in [6.07, 6.45) is 4.12. The van der Waals surface area contributed by atoms with Gasteiger partial charge in [0.2, 0.25) is 0 Å². The van der Waals surface area contributed by atoms with E-state index in [1.54, 1.807) is 21.6 Å². The summed E-state index contributed by atoms with van der Waals surface area (Å²) in [5.41, 5.74) is 0. The molecular weight excluding hydrogens is 147 g/mol. The van der Waals surface area contributed by atoms with Crippen molar-refractivity contribution in [2.45, 2.75) is 0 Å². The topological polar surface area (TPSA) is 0 Å². The van der Waals surface area contributed by atoms with Gasteiger partial charge in [-0.3, -0.25) is 0 Å². The maximum Gasteiger partial charge on any atom is 0 e. The van der Waals surface area contributed by atoms with Crippen LogP contribution >= 0.6 is 21.6 Å². The summed E-state index contributed by atoms with van der Waals surface area (Å²) < 4.78 is 0. The van der Waals surface area contributed by atoms with Crippen molar-refractivity contribution in [2.75, 3.05) is 12.5 Å². The van der Waals surface area contributed by atoms with Crippen LogP contribution in [-0.2, 0) is 16.5 Å². The Balaban J connectivity index is 0. The fraction of sp³-hybridized carbons (Fsp3) is 1.00. The zero-order chi connectivity index (χ0) is 3.41. The first-order valence-electron chi connectivity index (χ1n) is 0.983. The molecular formula is C2H6NiS2. The van der Waals surface area contributed by atoms with Gasteiger partial charge in [0.25, 0.3) is 0 Å². The molecule has 3 heteroatoms. The Kier molecular flexibility index (Phi) is 17.0. The summed E-state index contributed by atoms with van der Waals surface area (Å²) in [4.78, 5) is 0. The van der Waals surface area contributed by atoms with Crippen LogP contribution < -0.4 is 0 Å². The van der Waals surface area contributed by atoms with E-state index >= 15 is 0 Å². The van der Waals surface area contributed by atoms with Crippen molar-refractivity contribution >= 4 is 21.6 Å². The Labute approximate surface area is 50.8 Å². The van der Waals surface area contributed by atoms with E-state index in [2.05, 4.69) is 12.5 Å². The molecule has 0 heterocycles. The Morgan fingerprint density at radius 1 is 1.00 bits per heavy atom. The molecule has 0 aromatic heterocycles. The molecule has 0 aliphatic rings. The molecule has 36 valence electrons. The van der Waals surface area contributed by atoms with Crippen molar-refractivity contribution in [3.8, 4) is 0 Å². The van der Waals surface area contributed by atoms with Crippen molar-refractivity contribution < 1.29 is 16.5 Å². The van der Waals surface area contributed by atoms with Gasteiger partial charge in [0.1, 0.15) is 0 Å². The molecule has 0 unspecified atom stereocenters. The molecule has 0 nitrogen and oxygen atoms in total. The summed E-state index contributed by atoms with van der Waals surface area (Å²) in [5.74, 6) is 0. The molecule has 0 amide bonds. The SMILES string of the molecule is CSSC.[Ni]. The van der Waals surface area contributed by atoms with Gasteiger partial charge >= 0.3 is 0 Å². The Morgan fingerprint density at radius 3 is 1.20 bits per heavy atom. The quantitative estimate of drug-likeness (QED) is 0.414. The van der Waals surface area contributed by atoms with Crippen LogP contribution in [0, 0.1) is 0 Å². The van der Waals surface area contributed by atoms with Crippen molar-refractivity contribution in [3.05, 3.63) is 0 Å². The van der Waals surface area contributed by atoms with Crippen LogP contribution in [0.15, 0.2) is 0 Å². The van der Waals surface area contributed by atoms with E-state index in [0.29, 0.717) is 0 Å². The summed E-state index contributed by atoms with van der Waals surface area (Å²) in [5, 5.41) is 0. The van der Waals surface area contributed by atoms with Crippen LogP contribution in [0.3, 0.4) is 0 Å². The largest absolute Gasteiger partial charge is 0.0979 e. The summed E-state index contributed by atoms with van der Waals surface area (Å²) in [7, 11) is 3.55. The molecule has 0 aliphatic heterocycles. The fourth-order valence-corrected chi connectivity index (χ4v) is 0. The van der Waals surface area contributed by atoms with Crippen LogP contribution in [-0.4, -0.2) is 12.5 Å². The number of rotatable bonds is 1. The van der Waals surface area contributed by atoms with Gasteiger partial charge in [0, 0.05) is 16.5 Å². The Morgan fingerprint density at radius 2 is 1.20 bits per heavy atom.